The molecule has 0 unspecified atom stereocenters. The van der Waals surface area contributed by atoms with Gasteiger partial charge in [0.05, 0.1) is 4.88 Å². The van der Waals surface area contributed by atoms with Gasteiger partial charge in [0.15, 0.2) is 0 Å². The Morgan fingerprint density at radius 1 is 1.12 bits per heavy atom. The van der Waals surface area contributed by atoms with E-state index in [0.29, 0.717) is 5.82 Å². The van der Waals surface area contributed by atoms with Gasteiger partial charge in [-0.3, -0.25) is 4.79 Å². The minimum Gasteiger partial charge on any atom is -0.341 e. The highest BCUT2D eigenvalue weighted by Gasteiger charge is 2.14. The lowest BCUT2D eigenvalue weighted by Crippen LogP contribution is -2.26. The topological polar surface area (TPSA) is 74.8 Å². The summed E-state index contributed by atoms with van der Waals surface area (Å²) < 4.78 is 0. The van der Waals surface area contributed by atoms with Crippen molar-refractivity contribution in [1.82, 2.24) is 25.5 Å². The smallest absolute Gasteiger partial charge is 0.263 e. The van der Waals surface area contributed by atoms with E-state index in [4.69, 9.17) is 0 Å². The molecule has 2 heterocycles. The average Bonchev–Trinajstić information content (AvgIpc) is 3.33. The van der Waals surface area contributed by atoms with Crippen LogP contribution in [0.2, 0.25) is 0 Å². The fourth-order valence-electron chi connectivity index (χ4n) is 2.56. The summed E-state index contributed by atoms with van der Waals surface area (Å²) in [6.45, 7) is 2.97. The summed E-state index contributed by atoms with van der Waals surface area (Å²) in [4.78, 5) is 16.2. The van der Waals surface area contributed by atoms with Gasteiger partial charge in [0, 0.05) is 24.0 Å². The Hall–Kier alpha value is -2.54. The molecular weight excluding hydrogens is 334 g/mol. The van der Waals surface area contributed by atoms with E-state index in [2.05, 4.69) is 27.5 Å². The standard InChI is InChI=1S/C18H21N5OS/c1-3-4-5-12-23(2)18(24)16-11-10-15(25-16)13-6-8-14(9-7-13)17-19-21-22-20-17/h6-11H,3-5,12H2,1-2H3,(H,19,20,21,22). The number of thiophene rings is 1. The minimum atomic E-state index is 0.0933. The molecule has 25 heavy (non-hydrogen) atoms. The van der Waals surface area contributed by atoms with Crippen molar-refractivity contribution in [2.45, 2.75) is 26.2 Å². The van der Waals surface area contributed by atoms with Crippen LogP contribution >= 0.6 is 11.3 Å². The summed E-state index contributed by atoms with van der Waals surface area (Å²) in [5.74, 6) is 0.665. The second kappa shape index (κ2) is 8.02. The third-order valence-electron chi connectivity index (χ3n) is 4.03. The highest BCUT2D eigenvalue weighted by atomic mass is 32.1. The van der Waals surface area contributed by atoms with Crippen molar-refractivity contribution in [3.05, 3.63) is 41.3 Å². The van der Waals surface area contributed by atoms with Crippen LogP contribution in [0, 0.1) is 0 Å². The molecule has 0 saturated carbocycles. The molecule has 3 aromatic rings. The van der Waals surface area contributed by atoms with Gasteiger partial charge in [-0.15, -0.1) is 21.5 Å². The van der Waals surface area contributed by atoms with Crippen LogP contribution in [0.15, 0.2) is 36.4 Å². The number of H-pyrrole nitrogens is 1. The Labute approximate surface area is 150 Å². The van der Waals surface area contributed by atoms with Crippen LogP contribution in [0.4, 0.5) is 0 Å². The number of unbranched alkanes of at least 4 members (excludes halogenated alkanes) is 2. The first-order valence-electron chi connectivity index (χ1n) is 8.38. The number of hydrogen-bond acceptors (Lipinski definition) is 5. The molecule has 1 aromatic carbocycles. The molecule has 3 rings (SSSR count). The summed E-state index contributed by atoms with van der Waals surface area (Å²) in [7, 11) is 1.87. The molecule has 0 aliphatic heterocycles. The molecule has 130 valence electrons. The Bertz CT molecular complexity index is 810. The molecule has 7 heteroatoms. The molecule has 0 atom stereocenters. The van der Waals surface area contributed by atoms with Gasteiger partial charge in [-0.1, -0.05) is 44.0 Å². The predicted molar refractivity (Wildman–Crippen MR) is 99.4 cm³/mol. The van der Waals surface area contributed by atoms with E-state index in [-0.39, 0.29) is 5.91 Å². The van der Waals surface area contributed by atoms with Gasteiger partial charge in [0.25, 0.3) is 5.91 Å². The molecule has 1 amide bonds. The predicted octanol–water partition coefficient (Wildman–Crippen LogP) is 3.86. The van der Waals surface area contributed by atoms with E-state index in [1.807, 2.05) is 48.3 Å². The number of rotatable bonds is 7. The summed E-state index contributed by atoms with van der Waals surface area (Å²) >= 11 is 1.52. The molecule has 0 aliphatic carbocycles. The van der Waals surface area contributed by atoms with E-state index in [1.165, 1.54) is 11.3 Å². The highest BCUT2D eigenvalue weighted by molar-refractivity contribution is 7.17. The van der Waals surface area contributed by atoms with Gasteiger partial charge in [-0.05, 0) is 29.3 Å². The van der Waals surface area contributed by atoms with Crippen molar-refractivity contribution < 1.29 is 4.79 Å². The Balaban J connectivity index is 1.69. The Morgan fingerprint density at radius 2 is 1.88 bits per heavy atom. The van der Waals surface area contributed by atoms with E-state index in [1.54, 1.807) is 0 Å². The minimum absolute atomic E-state index is 0.0933. The third kappa shape index (κ3) is 4.11. The molecule has 2 aromatic heterocycles. The first-order chi connectivity index (χ1) is 12.2. The molecular formula is C18H21N5OS. The van der Waals surface area contributed by atoms with Crippen molar-refractivity contribution >= 4 is 17.2 Å². The maximum atomic E-state index is 12.5. The first-order valence-corrected chi connectivity index (χ1v) is 9.20. The van der Waals surface area contributed by atoms with Crippen molar-refractivity contribution in [3.63, 3.8) is 0 Å². The van der Waals surface area contributed by atoms with Crippen LogP contribution < -0.4 is 0 Å². The van der Waals surface area contributed by atoms with Crippen LogP contribution in [-0.2, 0) is 0 Å². The largest absolute Gasteiger partial charge is 0.341 e. The van der Waals surface area contributed by atoms with Crippen LogP contribution in [0.25, 0.3) is 21.8 Å². The number of benzene rings is 1. The van der Waals surface area contributed by atoms with Gasteiger partial charge in [-0.25, -0.2) is 0 Å². The number of nitrogens with one attached hydrogen (secondary N) is 1. The number of tetrazole rings is 1. The number of hydrogen-bond donors (Lipinski definition) is 1. The molecule has 0 spiro atoms. The average molecular weight is 355 g/mol. The van der Waals surface area contributed by atoms with E-state index < -0.39 is 0 Å². The van der Waals surface area contributed by atoms with Crippen LogP contribution in [0.5, 0.6) is 0 Å². The summed E-state index contributed by atoms with van der Waals surface area (Å²) in [5, 5.41) is 14.0. The number of carbonyl (C=O) groups excluding carboxylic acids is 1. The van der Waals surface area contributed by atoms with Crippen molar-refractivity contribution in [2.24, 2.45) is 0 Å². The zero-order valence-electron chi connectivity index (χ0n) is 14.4. The molecule has 0 fully saturated rings. The Kier molecular flexibility index (Phi) is 5.55. The number of nitrogens with zero attached hydrogens (tertiary/aromatic N) is 4. The SMILES string of the molecule is CCCCCN(C)C(=O)c1ccc(-c2ccc(-c3nn[nH]n3)cc2)s1. The zero-order chi connectivity index (χ0) is 17.6. The monoisotopic (exact) mass is 355 g/mol. The van der Waals surface area contributed by atoms with Gasteiger partial charge in [-0.2, -0.15) is 5.21 Å². The van der Waals surface area contributed by atoms with E-state index >= 15 is 0 Å². The first kappa shape index (κ1) is 17.3. The second-order valence-electron chi connectivity index (χ2n) is 5.91. The van der Waals surface area contributed by atoms with Gasteiger partial charge < -0.3 is 4.90 Å². The molecule has 1 N–H and O–H groups in total. The Morgan fingerprint density at radius 3 is 2.56 bits per heavy atom. The summed E-state index contributed by atoms with van der Waals surface area (Å²) in [6, 6.07) is 11.8. The fraction of sp³-hybridized carbons (Fsp3) is 0.333. The second-order valence-corrected chi connectivity index (χ2v) is 6.99. The molecule has 6 nitrogen and oxygen atoms in total. The maximum Gasteiger partial charge on any atom is 0.263 e. The normalized spacial score (nSPS) is 10.8. The lowest BCUT2D eigenvalue weighted by atomic mass is 10.1. The lowest BCUT2D eigenvalue weighted by molar-refractivity contribution is 0.0797. The van der Waals surface area contributed by atoms with Crippen molar-refractivity contribution in [1.29, 1.82) is 0 Å². The number of amides is 1. The van der Waals surface area contributed by atoms with Crippen LogP contribution in [-0.4, -0.2) is 45.0 Å². The van der Waals surface area contributed by atoms with E-state index in [9.17, 15) is 4.79 Å². The van der Waals surface area contributed by atoms with Gasteiger partial charge in [0.2, 0.25) is 5.82 Å². The van der Waals surface area contributed by atoms with Gasteiger partial charge in [0.1, 0.15) is 0 Å². The summed E-state index contributed by atoms with van der Waals surface area (Å²) in [5.41, 5.74) is 1.98. The van der Waals surface area contributed by atoms with Crippen LogP contribution in [0.3, 0.4) is 0 Å². The third-order valence-corrected chi connectivity index (χ3v) is 5.16. The molecule has 0 radical (unpaired) electrons. The number of aromatic amines is 1. The lowest BCUT2D eigenvalue weighted by Gasteiger charge is -2.15. The number of carbonyl (C=O) groups is 1. The van der Waals surface area contributed by atoms with Crippen molar-refractivity contribution in [3.8, 4) is 21.8 Å². The van der Waals surface area contributed by atoms with Gasteiger partial charge >= 0.3 is 0 Å². The summed E-state index contributed by atoms with van der Waals surface area (Å²) in [6.07, 6.45) is 3.36. The molecule has 0 aliphatic rings. The van der Waals surface area contributed by atoms with E-state index in [0.717, 1.165) is 46.7 Å². The molecule has 0 bridgehead atoms. The molecule has 0 saturated heterocycles. The highest BCUT2D eigenvalue weighted by Crippen LogP contribution is 2.30. The fourth-order valence-corrected chi connectivity index (χ4v) is 3.57. The zero-order valence-corrected chi connectivity index (χ0v) is 15.2. The maximum absolute atomic E-state index is 12.5. The van der Waals surface area contributed by atoms with Crippen LogP contribution in [0.1, 0.15) is 35.9 Å². The quantitative estimate of drug-likeness (QED) is 0.653. The number of aromatic nitrogens is 4. The van der Waals surface area contributed by atoms with Crippen molar-refractivity contribution in [2.75, 3.05) is 13.6 Å².